The number of thiophene rings is 1. The maximum Gasteiger partial charge on any atom is 0.135 e. The van der Waals surface area contributed by atoms with Crippen LogP contribution in [0.3, 0.4) is 0 Å². The third-order valence-electron chi connectivity index (χ3n) is 2.72. The second-order valence-corrected chi connectivity index (χ2v) is 6.34. The summed E-state index contributed by atoms with van der Waals surface area (Å²) in [5.41, 5.74) is 1.06. The first-order chi connectivity index (χ1) is 8.60. The van der Waals surface area contributed by atoms with Crippen LogP contribution >= 0.6 is 27.3 Å². The highest BCUT2D eigenvalue weighted by atomic mass is 79.9. The summed E-state index contributed by atoms with van der Waals surface area (Å²) >= 11 is 5.28. The molecule has 0 aliphatic heterocycles. The van der Waals surface area contributed by atoms with E-state index in [9.17, 15) is 0 Å². The summed E-state index contributed by atoms with van der Waals surface area (Å²) in [5.74, 6) is 0.842. The van der Waals surface area contributed by atoms with Crippen LogP contribution in [0.15, 0.2) is 34.8 Å². The Hall–Kier alpha value is -1.00. The molecule has 0 bridgehead atoms. The molecule has 2 aromatic rings. The van der Waals surface area contributed by atoms with Gasteiger partial charge in [-0.3, -0.25) is 0 Å². The van der Waals surface area contributed by atoms with Gasteiger partial charge in [0, 0.05) is 21.5 Å². The third kappa shape index (κ3) is 3.06. The summed E-state index contributed by atoms with van der Waals surface area (Å²) in [6.07, 6.45) is 0. The Morgan fingerprint density at radius 1 is 1.28 bits per heavy atom. The fourth-order valence-corrected chi connectivity index (χ4v) is 3.04. The molecule has 1 aromatic carbocycles. The number of methoxy groups -OCH3 is 1. The van der Waals surface area contributed by atoms with Crippen molar-refractivity contribution in [1.29, 1.82) is 0 Å². The van der Waals surface area contributed by atoms with Gasteiger partial charge >= 0.3 is 0 Å². The first kappa shape index (κ1) is 13.4. The molecule has 4 heteroatoms. The molecular weight excluding hydrogens is 310 g/mol. The van der Waals surface area contributed by atoms with Gasteiger partial charge < -0.3 is 10.1 Å². The number of aryl methyl sites for hydroxylation is 1. The Labute approximate surface area is 120 Å². The average Bonchev–Trinajstić information content (AvgIpc) is 2.78. The topological polar surface area (TPSA) is 21.3 Å². The van der Waals surface area contributed by atoms with E-state index in [1.165, 1.54) is 9.75 Å². The summed E-state index contributed by atoms with van der Waals surface area (Å²) in [4.78, 5) is 2.68. The van der Waals surface area contributed by atoms with E-state index in [2.05, 4.69) is 47.2 Å². The average molecular weight is 326 g/mol. The SMILES string of the molecule is COc1cc(NC(C)c2ccc(C)s2)ccc1Br. The van der Waals surface area contributed by atoms with Gasteiger partial charge in [0.2, 0.25) is 0 Å². The number of benzene rings is 1. The van der Waals surface area contributed by atoms with Gasteiger partial charge in [0.25, 0.3) is 0 Å². The molecule has 1 unspecified atom stereocenters. The lowest BCUT2D eigenvalue weighted by Gasteiger charge is -2.15. The minimum Gasteiger partial charge on any atom is -0.495 e. The van der Waals surface area contributed by atoms with Gasteiger partial charge in [0.05, 0.1) is 17.6 Å². The summed E-state index contributed by atoms with van der Waals surface area (Å²) < 4.78 is 6.26. The predicted octanol–water partition coefficient (Wildman–Crippen LogP) is 5.00. The highest BCUT2D eigenvalue weighted by Gasteiger charge is 2.09. The van der Waals surface area contributed by atoms with Crippen molar-refractivity contribution in [2.24, 2.45) is 0 Å². The molecule has 1 aromatic heterocycles. The lowest BCUT2D eigenvalue weighted by Crippen LogP contribution is -2.04. The first-order valence-corrected chi connectivity index (χ1v) is 7.37. The maximum atomic E-state index is 5.29. The second kappa shape index (κ2) is 5.76. The van der Waals surface area contributed by atoms with E-state index in [0.717, 1.165) is 15.9 Å². The molecule has 0 fully saturated rings. The summed E-state index contributed by atoms with van der Waals surface area (Å²) in [7, 11) is 1.68. The molecule has 1 N–H and O–H groups in total. The van der Waals surface area contributed by atoms with Crippen LogP contribution in [-0.2, 0) is 0 Å². The number of nitrogens with one attached hydrogen (secondary N) is 1. The molecule has 0 saturated carbocycles. The zero-order chi connectivity index (χ0) is 13.1. The van der Waals surface area contributed by atoms with Gasteiger partial charge in [-0.15, -0.1) is 11.3 Å². The van der Waals surface area contributed by atoms with E-state index in [1.54, 1.807) is 7.11 Å². The van der Waals surface area contributed by atoms with E-state index in [4.69, 9.17) is 4.74 Å². The standard InChI is InChI=1S/C14H16BrNOS/c1-9-4-7-14(18-9)10(2)16-11-5-6-12(15)13(8-11)17-3/h4-8,10,16H,1-3H3. The van der Waals surface area contributed by atoms with Crippen molar-refractivity contribution in [2.75, 3.05) is 12.4 Å². The van der Waals surface area contributed by atoms with E-state index in [0.29, 0.717) is 6.04 Å². The van der Waals surface area contributed by atoms with E-state index in [-0.39, 0.29) is 0 Å². The van der Waals surface area contributed by atoms with Gasteiger partial charge in [-0.2, -0.15) is 0 Å². The smallest absolute Gasteiger partial charge is 0.135 e. The molecule has 18 heavy (non-hydrogen) atoms. The highest BCUT2D eigenvalue weighted by Crippen LogP contribution is 2.31. The van der Waals surface area contributed by atoms with Crippen LogP contribution < -0.4 is 10.1 Å². The van der Waals surface area contributed by atoms with Gasteiger partial charge in [0.15, 0.2) is 0 Å². The molecular formula is C14H16BrNOS. The summed E-state index contributed by atoms with van der Waals surface area (Å²) in [5, 5.41) is 3.48. The Balaban J connectivity index is 2.14. The Kier molecular flexibility index (Phi) is 4.30. The zero-order valence-corrected chi connectivity index (χ0v) is 13.1. The monoisotopic (exact) mass is 325 g/mol. The largest absolute Gasteiger partial charge is 0.495 e. The number of hydrogen-bond donors (Lipinski definition) is 1. The molecule has 0 spiro atoms. The van der Waals surface area contributed by atoms with Crippen molar-refractivity contribution in [2.45, 2.75) is 19.9 Å². The molecule has 0 radical (unpaired) electrons. The second-order valence-electron chi connectivity index (χ2n) is 4.16. The number of ether oxygens (including phenoxy) is 1. The number of halogens is 1. The van der Waals surface area contributed by atoms with Crippen LogP contribution in [0.1, 0.15) is 22.7 Å². The lowest BCUT2D eigenvalue weighted by atomic mass is 10.2. The maximum absolute atomic E-state index is 5.29. The number of hydrogen-bond acceptors (Lipinski definition) is 3. The van der Waals surface area contributed by atoms with Gasteiger partial charge in [-0.05, 0) is 54.0 Å². The highest BCUT2D eigenvalue weighted by molar-refractivity contribution is 9.10. The van der Waals surface area contributed by atoms with Crippen molar-refractivity contribution in [1.82, 2.24) is 0 Å². The molecule has 0 aliphatic carbocycles. The van der Waals surface area contributed by atoms with Gasteiger partial charge in [-0.25, -0.2) is 0 Å². The minimum atomic E-state index is 0.301. The molecule has 2 nitrogen and oxygen atoms in total. The molecule has 0 amide bonds. The Morgan fingerprint density at radius 2 is 2.06 bits per heavy atom. The third-order valence-corrected chi connectivity index (χ3v) is 4.56. The Morgan fingerprint density at radius 3 is 2.67 bits per heavy atom. The molecule has 2 rings (SSSR count). The fraction of sp³-hybridized carbons (Fsp3) is 0.286. The van der Waals surface area contributed by atoms with Crippen molar-refractivity contribution >= 4 is 33.0 Å². The van der Waals surface area contributed by atoms with Crippen LogP contribution in [0.4, 0.5) is 5.69 Å². The van der Waals surface area contributed by atoms with Crippen LogP contribution in [0.2, 0.25) is 0 Å². The molecule has 0 aliphatic rings. The van der Waals surface area contributed by atoms with Gasteiger partial charge in [-0.1, -0.05) is 0 Å². The normalized spacial score (nSPS) is 12.2. The van der Waals surface area contributed by atoms with Crippen molar-refractivity contribution in [3.8, 4) is 5.75 Å². The van der Waals surface area contributed by atoms with E-state index < -0.39 is 0 Å². The molecule has 1 heterocycles. The quantitative estimate of drug-likeness (QED) is 0.853. The minimum absolute atomic E-state index is 0.301. The van der Waals surface area contributed by atoms with Crippen LogP contribution in [0, 0.1) is 6.92 Å². The van der Waals surface area contributed by atoms with Gasteiger partial charge in [0.1, 0.15) is 5.75 Å². The lowest BCUT2D eigenvalue weighted by molar-refractivity contribution is 0.412. The summed E-state index contributed by atoms with van der Waals surface area (Å²) in [6.45, 7) is 4.29. The molecule has 1 atom stereocenters. The molecule has 0 saturated heterocycles. The van der Waals surface area contributed by atoms with Crippen LogP contribution in [-0.4, -0.2) is 7.11 Å². The van der Waals surface area contributed by atoms with Crippen molar-refractivity contribution < 1.29 is 4.74 Å². The number of rotatable bonds is 4. The summed E-state index contributed by atoms with van der Waals surface area (Å²) in [6, 6.07) is 10.7. The van der Waals surface area contributed by atoms with Crippen LogP contribution in [0.5, 0.6) is 5.75 Å². The van der Waals surface area contributed by atoms with Crippen LogP contribution in [0.25, 0.3) is 0 Å². The molecule has 96 valence electrons. The zero-order valence-electron chi connectivity index (χ0n) is 10.7. The van der Waals surface area contributed by atoms with E-state index >= 15 is 0 Å². The first-order valence-electron chi connectivity index (χ1n) is 5.76. The number of anilines is 1. The van der Waals surface area contributed by atoms with E-state index in [1.807, 2.05) is 29.5 Å². The fourth-order valence-electron chi connectivity index (χ4n) is 1.76. The predicted molar refractivity (Wildman–Crippen MR) is 81.8 cm³/mol. The van der Waals surface area contributed by atoms with Crippen molar-refractivity contribution in [3.05, 3.63) is 44.6 Å². The Bertz CT molecular complexity index is 538. The van der Waals surface area contributed by atoms with Crippen molar-refractivity contribution in [3.63, 3.8) is 0 Å².